The average molecular weight is 593 g/mol. The van der Waals surface area contributed by atoms with Gasteiger partial charge in [0.25, 0.3) is 0 Å². The molecular formula is C28H25F5N4O3S. The van der Waals surface area contributed by atoms with Crippen molar-refractivity contribution < 1.29 is 31.9 Å². The predicted molar refractivity (Wildman–Crippen MR) is 144 cm³/mol. The van der Waals surface area contributed by atoms with Crippen molar-refractivity contribution in [2.75, 3.05) is 23.7 Å². The van der Waals surface area contributed by atoms with E-state index in [-0.39, 0.29) is 60.0 Å². The van der Waals surface area contributed by atoms with Crippen LogP contribution in [0.1, 0.15) is 24.8 Å². The fourth-order valence-corrected chi connectivity index (χ4v) is 7.56. The van der Waals surface area contributed by atoms with Gasteiger partial charge in [-0.05, 0) is 49.3 Å². The van der Waals surface area contributed by atoms with Crippen molar-refractivity contribution in [1.82, 2.24) is 14.5 Å². The number of fused-ring (bicyclic) bond motifs is 2. The molecule has 2 unspecified atom stereocenters. The highest BCUT2D eigenvalue weighted by Crippen LogP contribution is 2.49. The fourth-order valence-electron chi connectivity index (χ4n) is 6.36. The Kier molecular flexibility index (Phi) is 6.84. The van der Waals surface area contributed by atoms with E-state index in [1.807, 2.05) is 0 Å². The number of alkyl halides is 3. The molecular weight excluding hydrogens is 567 g/mol. The number of carbonyl (C=O) groups is 1. The maximum Gasteiger partial charge on any atom is 0.417 e. The molecule has 0 radical (unpaired) electrons. The van der Waals surface area contributed by atoms with Crippen molar-refractivity contribution in [3.63, 3.8) is 0 Å². The minimum atomic E-state index is -4.92. The number of aliphatic hydroxyl groups is 1. The lowest BCUT2D eigenvalue weighted by molar-refractivity contribution is -0.137. The molecule has 2 aromatic carbocycles. The number of anilines is 1. The van der Waals surface area contributed by atoms with E-state index in [1.54, 1.807) is 9.80 Å². The standard InChI is InChI=1S/C28H25F5N4O3S/c1-2-22(39)37-15-9-17(38)10-16(37)13-35(12-15)26-19-11-20(28(31,32)33)23(18-5-4-14(29)8-21(18)30)25-24(19)36(27(40)34-26)6-3-7-41-25/h2,4-5,8,11,15-17,38H,1,3,6-7,9-10,12-13H2. The van der Waals surface area contributed by atoms with Gasteiger partial charge in [-0.2, -0.15) is 18.2 Å². The molecule has 1 amide bonds. The summed E-state index contributed by atoms with van der Waals surface area (Å²) in [4.78, 5) is 33.6. The second kappa shape index (κ2) is 10.1. The molecule has 2 saturated heterocycles. The van der Waals surface area contributed by atoms with Crippen LogP contribution in [-0.4, -0.2) is 62.5 Å². The quantitative estimate of drug-likeness (QED) is 0.355. The van der Waals surface area contributed by atoms with E-state index in [1.165, 1.54) is 10.6 Å². The molecule has 0 spiro atoms. The number of piperidine rings is 1. The third kappa shape index (κ3) is 4.68. The lowest BCUT2D eigenvalue weighted by Gasteiger charge is -2.51. The van der Waals surface area contributed by atoms with Crippen LogP contribution in [0.2, 0.25) is 0 Å². The highest BCUT2D eigenvalue weighted by atomic mass is 32.2. The second-order valence-corrected chi connectivity index (χ2v) is 11.6. The molecule has 216 valence electrons. The highest BCUT2D eigenvalue weighted by molar-refractivity contribution is 7.99. The lowest BCUT2D eigenvalue weighted by Crippen LogP contribution is -2.65. The fraction of sp³-hybridized carbons (Fsp3) is 0.393. The summed E-state index contributed by atoms with van der Waals surface area (Å²) in [6, 6.07) is 2.38. The monoisotopic (exact) mass is 592 g/mol. The Balaban J connectivity index is 1.61. The second-order valence-electron chi connectivity index (χ2n) is 10.5. The number of carbonyl (C=O) groups excluding carboxylic acids is 1. The first-order chi connectivity index (χ1) is 19.5. The van der Waals surface area contributed by atoms with Crippen LogP contribution in [-0.2, 0) is 17.5 Å². The van der Waals surface area contributed by atoms with Crippen molar-refractivity contribution in [3.8, 4) is 11.1 Å². The summed E-state index contributed by atoms with van der Waals surface area (Å²) in [5.74, 6) is -1.97. The van der Waals surface area contributed by atoms with E-state index in [0.29, 0.717) is 18.2 Å². The SMILES string of the molecule is C=CC(=O)N1C2CC(O)CC1CN(c1nc(=O)n3c4c(c(-c5ccc(F)cc5F)c(C(F)(F)F)cc14)SCCC3)C2. The van der Waals surface area contributed by atoms with E-state index in [9.17, 15) is 32.3 Å². The van der Waals surface area contributed by atoms with Crippen LogP contribution < -0.4 is 10.6 Å². The van der Waals surface area contributed by atoms with Crippen molar-refractivity contribution >= 4 is 34.4 Å². The zero-order chi connectivity index (χ0) is 29.2. The number of amides is 1. The van der Waals surface area contributed by atoms with Gasteiger partial charge in [0.1, 0.15) is 17.5 Å². The van der Waals surface area contributed by atoms with Gasteiger partial charge in [0.15, 0.2) is 0 Å². The summed E-state index contributed by atoms with van der Waals surface area (Å²) < 4.78 is 74.1. The van der Waals surface area contributed by atoms with Crippen LogP contribution in [0.4, 0.5) is 27.8 Å². The number of aromatic nitrogens is 2. The molecule has 3 aliphatic rings. The Bertz CT molecular complexity index is 1630. The maximum absolute atomic E-state index is 15.0. The van der Waals surface area contributed by atoms with Crippen LogP contribution in [0.5, 0.6) is 0 Å². The Labute approximate surface area is 235 Å². The number of hydrogen-bond donors (Lipinski definition) is 1. The van der Waals surface area contributed by atoms with E-state index in [2.05, 4.69) is 11.6 Å². The molecule has 2 bridgehead atoms. The molecule has 13 heteroatoms. The highest BCUT2D eigenvalue weighted by Gasteiger charge is 2.44. The molecule has 2 fully saturated rings. The van der Waals surface area contributed by atoms with Crippen molar-refractivity contribution in [3.05, 3.63) is 64.6 Å². The van der Waals surface area contributed by atoms with Crippen molar-refractivity contribution in [2.24, 2.45) is 0 Å². The molecule has 1 N–H and O–H groups in total. The number of nitrogens with zero attached hydrogens (tertiary/aromatic N) is 4. The Morgan fingerprint density at radius 1 is 1.15 bits per heavy atom. The summed E-state index contributed by atoms with van der Waals surface area (Å²) in [6.07, 6.45) is -3.41. The minimum Gasteiger partial charge on any atom is -0.393 e. The molecule has 4 heterocycles. The molecule has 7 nitrogen and oxygen atoms in total. The first-order valence-electron chi connectivity index (χ1n) is 13.1. The van der Waals surface area contributed by atoms with Gasteiger partial charge in [0.05, 0.1) is 29.3 Å². The number of halogens is 5. The number of thioether (sulfide) groups is 1. The Morgan fingerprint density at radius 2 is 1.85 bits per heavy atom. The predicted octanol–water partition coefficient (Wildman–Crippen LogP) is 4.58. The minimum absolute atomic E-state index is 0.0405. The lowest BCUT2D eigenvalue weighted by atomic mass is 9.88. The summed E-state index contributed by atoms with van der Waals surface area (Å²) in [5.41, 5.74) is -2.42. The molecule has 3 aliphatic heterocycles. The van der Waals surface area contributed by atoms with Gasteiger partial charge in [-0.15, -0.1) is 11.8 Å². The number of hydrogen-bond acceptors (Lipinski definition) is 6. The van der Waals surface area contributed by atoms with E-state index in [0.717, 1.165) is 30.0 Å². The smallest absolute Gasteiger partial charge is 0.393 e. The van der Waals surface area contributed by atoms with Crippen LogP contribution in [0, 0.1) is 11.6 Å². The van der Waals surface area contributed by atoms with Gasteiger partial charge in [-0.25, -0.2) is 13.6 Å². The summed E-state index contributed by atoms with van der Waals surface area (Å²) in [7, 11) is 0. The third-order valence-corrected chi connectivity index (χ3v) is 9.12. The van der Waals surface area contributed by atoms with Crippen LogP contribution >= 0.6 is 11.8 Å². The number of rotatable bonds is 3. The van der Waals surface area contributed by atoms with E-state index >= 15 is 4.39 Å². The van der Waals surface area contributed by atoms with E-state index < -0.39 is 58.4 Å². The van der Waals surface area contributed by atoms with Crippen LogP contribution in [0.25, 0.3) is 22.0 Å². The summed E-state index contributed by atoms with van der Waals surface area (Å²) in [5, 5.41) is 10.5. The number of benzene rings is 2. The number of aliphatic hydroxyl groups excluding tert-OH is 1. The largest absolute Gasteiger partial charge is 0.417 e. The molecule has 2 atom stereocenters. The Morgan fingerprint density at radius 3 is 2.49 bits per heavy atom. The topological polar surface area (TPSA) is 78.7 Å². The van der Waals surface area contributed by atoms with Crippen molar-refractivity contribution in [2.45, 2.75) is 55.1 Å². The van der Waals surface area contributed by atoms with E-state index in [4.69, 9.17) is 0 Å². The van der Waals surface area contributed by atoms with Gasteiger partial charge in [0, 0.05) is 47.1 Å². The summed E-state index contributed by atoms with van der Waals surface area (Å²) >= 11 is 1.09. The molecule has 41 heavy (non-hydrogen) atoms. The molecule has 0 saturated carbocycles. The molecule has 6 rings (SSSR count). The molecule has 1 aromatic heterocycles. The number of aryl methyl sites for hydroxylation is 1. The van der Waals surface area contributed by atoms with Gasteiger partial charge in [-0.3, -0.25) is 9.36 Å². The molecule has 0 aliphatic carbocycles. The zero-order valence-corrected chi connectivity index (χ0v) is 22.4. The van der Waals surface area contributed by atoms with Gasteiger partial charge < -0.3 is 14.9 Å². The molecule has 3 aromatic rings. The Hall–Kier alpha value is -3.45. The van der Waals surface area contributed by atoms with Crippen molar-refractivity contribution in [1.29, 1.82) is 0 Å². The van der Waals surface area contributed by atoms with Crippen LogP contribution in [0.3, 0.4) is 0 Å². The first kappa shape index (κ1) is 27.7. The third-order valence-electron chi connectivity index (χ3n) is 7.94. The number of piperazine rings is 1. The maximum atomic E-state index is 15.0. The summed E-state index contributed by atoms with van der Waals surface area (Å²) in [6.45, 7) is 4.03. The van der Waals surface area contributed by atoms with Crippen LogP contribution in [0.15, 0.2) is 46.6 Å². The zero-order valence-electron chi connectivity index (χ0n) is 21.6. The first-order valence-corrected chi connectivity index (χ1v) is 14.1. The van der Waals surface area contributed by atoms with Gasteiger partial charge in [0.2, 0.25) is 5.91 Å². The van der Waals surface area contributed by atoms with Gasteiger partial charge in [-0.1, -0.05) is 6.58 Å². The average Bonchev–Trinajstić information content (AvgIpc) is 3.13. The van der Waals surface area contributed by atoms with Gasteiger partial charge >= 0.3 is 11.9 Å². The normalized spacial score (nSPS) is 22.5.